The second-order valence-corrected chi connectivity index (χ2v) is 20.7. The van der Waals surface area contributed by atoms with Crippen molar-refractivity contribution in [3.05, 3.63) is 35.9 Å². The number of carbonyl (C=O) groups excluding carboxylic acids is 11. The minimum atomic E-state index is -1.89. The van der Waals surface area contributed by atoms with E-state index in [9.17, 15) is 62.6 Å². The van der Waals surface area contributed by atoms with Crippen LogP contribution < -0.4 is 76.5 Å². The maximum Gasteiger partial charge on any atom is 0.305 e. The number of carbonyl (C=O) groups is 12. The Hall–Kier alpha value is -6.86. The molecule has 1 saturated heterocycles. The number of hydrogen-bond donors (Lipinski definition) is 15. The molecule has 0 aliphatic carbocycles. The zero-order chi connectivity index (χ0) is 56.6. The molecule has 422 valence electrons. The number of thioether (sulfide) groups is 1. The first-order chi connectivity index (χ1) is 36.1. The molecule has 0 radical (unpaired) electrons. The summed E-state index contributed by atoms with van der Waals surface area (Å²) in [6.45, 7) is -1.15. The van der Waals surface area contributed by atoms with E-state index < -0.39 is 146 Å². The Labute approximate surface area is 451 Å². The number of nitrogens with zero attached hydrogens (tertiary/aromatic N) is 1. The number of amides is 11. The fourth-order valence-corrected chi connectivity index (χ4v) is 9.73. The monoisotopic (exact) mass is 1130 g/mol. The summed E-state index contributed by atoms with van der Waals surface area (Å²) in [7, 11) is 1.92. The molecule has 0 spiro atoms. The predicted octanol–water partition coefficient (Wildman–Crippen LogP) is -5.20. The number of aliphatic carboxylic acids is 1. The quantitative estimate of drug-likeness (QED) is 0.0237. The molecular formula is C45H71N15O13S3. The Bertz CT molecular complexity index is 2190. The first kappa shape index (κ1) is 65.3. The van der Waals surface area contributed by atoms with Crippen LogP contribution in [-0.2, 0) is 64.0 Å². The van der Waals surface area contributed by atoms with Gasteiger partial charge in [-0.05, 0) is 62.6 Å². The van der Waals surface area contributed by atoms with Crippen LogP contribution in [0.1, 0.15) is 69.8 Å². The van der Waals surface area contributed by atoms with Crippen LogP contribution in [0.4, 0.5) is 0 Å². The summed E-state index contributed by atoms with van der Waals surface area (Å²) < 4.78 is 0. The molecule has 1 aliphatic heterocycles. The number of nitrogens with one attached hydrogen (secondary N) is 9. The molecule has 0 aromatic heterocycles. The maximum atomic E-state index is 14.0. The van der Waals surface area contributed by atoms with Gasteiger partial charge in [0.1, 0.15) is 42.3 Å². The topological polar surface area (TPSA) is 476 Å². The van der Waals surface area contributed by atoms with Gasteiger partial charge >= 0.3 is 5.97 Å². The van der Waals surface area contributed by atoms with Gasteiger partial charge in [-0.3, -0.25) is 62.5 Å². The number of carboxylic acids is 1. The van der Waals surface area contributed by atoms with E-state index in [1.54, 1.807) is 36.6 Å². The van der Waals surface area contributed by atoms with E-state index in [4.69, 9.17) is 28.7 Å². The van der Waals surface area contributed by atoms with E-state index in [2.05, 4.69) is 52.8 Å². The first-order valence-corrected chi connectivity index (χ1v) is 28.0. The largest absolute Gasteiger partial charge is 0.481 e. The minimum Gasteiger partial charge on any atom is -0.481 e. The van der Waals surface area contributed by atoms with Crippen LogP contribution in [0.25, 0.3) is 0 Å². The molecule has 31 heteroatoms. The van der Waals surface area contributed by atoms with E-state index in [1.165, 1.54) is 11.8 Å². The van der Waals surface area contributed by atoms with Gasteiger partial charge in [-0.1, -0.05) is 58.3 Å². The standard InChI is InChI=1S/C45H71N15O13S3/c1-74-18-15-28-39(68)52-22-36(64)55-29(19-25-9-4-2-5-10-25)43(72)60-31(38(48)67)23-75-76-24-32(56-34(62)12-6-3-7-16-46)44(73)57-27(13-14-33(47)61)42(71)59-30(20-37(65)66)40(69)53-21-35(63)54-26(41(70)58-28)11-8-17-51-45(49)50/h2,4-5,9-10,26-32H,3,6-8,11-24,46H2,1H3,(H2,47,61)(H2,48,67)(H,52,68)(H,53,69)(H,54,63)(H,55,64)(H,56,62)(H,57,73)(H,58,70)(H,59,71)(H,60,72)(H,65,66)(H4,49,50,51)/t26-,27-,28-,29-,30+,31-,32-/m1/s1. The molecule has 7 atom stereocenters. The zero-order valence-corrected chi connectivity index (χ0v) is 44.5. The highest BCUT2D eigenvalue weighted by Crippen LogP contribution is 2.24. The van der Waals surface area contributed by atoms with Crippen LogP contribution in [-0.4, -0.2) is 174 Å². The second-order valence-electron chi connectivity index (χ2n) is 17.1. The van der Waals surface area contributed by atoms with Crippen molar-refractivity contribution in [3.63, 3.8) is 0 Å². The molecule has 20 N–H and O–H groups in total. The summed E-state index contributed by atoms with van der Waals surface area (Å²) in [5, 5.41) is 31.8. The lowest BCUT2D eigenvalue weighted by Gasteiger charge is -2.25. The van der Waals surface area contributed by atoms with Crippen molar-refractivity contribution in [3.8, 4) is 0 Å². The van der Waals surface area contributed by atoms with Crippen LogP contribution in [0.15, 0.2) is 35.3 Å². The molecule has 28 nitrogen and oxygen atoms in total. The highest BCUT2D eigenvalue weighted by molar-refractivity contribution is 8.76. The number of primary amides is 2. The summed E-state index contributed by atoms with van der Waals surface area (Å²) in [4.78, 5) is 163. The third kappa shape index (κ3) is 27.1. The van der Waals surface area contributed by atoms with Gasteiger partial charge < -0.3 is 81.6 Å². The first-order valence-electron chi connectivity index (χ1n) is 24.1. The molecule has 11 amide bonds. The van der Waals surface area contributed by atoms with E-state index in [1.807, 2.05) is 0 Å². The van der Waals surface area contributed by atoms with Crippen molar-refractivity contribution in [1.29, 1.82) is 0 Å². The molecule has 76 heavy (non-hydrogen) atoms. The van der Waals surface area contributed by atoms with Crippen molar-refractivity contribution in [1.82, 2.24) is 47.9 Å². The maximum absolute atomic E-state index is 14.0. The molecule has 0 unspecified atom stereocenters. The summed E-state index contributed by atoms with van der Waals surface area (Å²) in [6.07, 6.45) is 1.34. The molecule has 1 fully saturated rings. The molecular weight excluding hydrogens is 1050 g/mol. The summed E-state index contributed by atoms with van der Waals surface area (Å²) in [6, 6.07) is -1.77. The Morgan fingerprint density at radius 3 is 1.82 bits per heavy atom. The van der Waals surface area contributed by atoms with Gasteiger partial charge in [-0.25, -0.2) is 0 Å². The minimum absolute atomic E-state index is 0.0109. The van der Waals surface area contributed by atoms with Gasteiger partial charge in [0.15, 0.2) is 5.96 Å². The van der Waals surface area contributed by atoms with Crippen LogP contribution in [0.3, 0.4) is 0 Å². The number of benzene rings is 1. The summed E-state index contributed by atoms with van der Waals surface area (Å²) in [5.41, 5.74) is 28.1. The second kappa shape index (κ2) is 36.2. The summed E-state index contributed by atoms with van der Waals surface area (Å²) in [5.74, 6) is -12.0. The van der Waals surface area contributed by atoms with Crippen molar-refractivity contribution >= 4 is 110 Å². The van der Waals surface area contributed by atoms with Gasteiger partial charge in [0.05, 0.1) is 19.5 Å². The lowest BCUT2D eigenvalue weighted by Crippen LogP contribution is -2.58. The Balaban J connectivity index is 2.65. The van der Waals surface area contributed by atoms with E-state index in [-0.39, 0.29) is 56.1 Å². The number of carboxylic acid groups (broad SMARTS) is 1. The fourth-order valence-electron chi connectivity index (χ4n) is 6.92. The number of unbranched alkanes of at least 4 members (excludes halogenated alkanes) is 2. The molecule has 2 rings (SSSR count). The van der Waals surface area contributed by atoms with Crippen LogP contribution in [0.2, 0.25) is 0 Å². The van der Waals surface area contributed by atoms with E-state index >= 15 is 0 Å². The van der Waals surface area contributed by atoms with Gasteiger partial charge in [-0.2, -0.15) is 11.8 Å². The number of hydrogen-bond acceptors (Lipinski definition) is 17. The number of aliphatic imine (C=N–C) groups is 1. The smallest absolute Gasteiger partial charge is 0.305 e. The van der Waals surface area contributed by atoms with Crippen molar-refractivity contribution < 1.29 is 62.6 Å². The number of rotatable bonds is 21. The Morgan fingerprint density at radius 2 is 1.22 bits per heavy atom. The van der Waals surface area contributed by atoms with Gasteiger partial charge in [0, 0.05) is 37.3 Å². The Morgan fingerprint density at radius 1 is 0.658 bits per heavy atom. The van der Waals surface area contributed by atoms with Gasteiger partial charge in [0.2, 0.25) is 65.0 Å². The summed E-state index contributed by atoms with van der Waals surface area (Å²) >= 11 is 1.34. The lowest BCUT2D eigenvalue weighted by atomic mass is 10.0. The third-order valence-corrected chi connectivity index (χ3v) is 14.0. The third-order valence-electron chi connectivity index (χ3n) is 10.9. The molecule has 1 aromatic carbocycles. The van der Waals surface area contributed by atoms with Crippen molar-refractivity contribution in [2.45, 2.75) is 113 Å². The van der Waals surface area contributed by atoms with Crippen molar-refractivity contribution in [2.24, 2.45) is 33.7 Å². The highest BCUT2D eigenvalue weighted by atomic mass is 33.1. The van der Waals surface area contributed by atoms with Crippen LogP contribution in [0.5, 0.6) is 0 Å². The average Bonchev–Trinajstić information content (AvgIpc) is 3.36. The molecule has 1 aromatic rings. The predicted molar refractivity (Wildman–Crippen MR) is 285 cm³/mol. The number of guanidine groups is 1. The SMILES string of the molecule is CSCC[C@H]1NC(=O)[C@@H](CCCN=C(N)N)NC(=O)CNC(=O)[C@H](CC(=O)O)NC(=O)[C@@H](CCC(N)=O)NC(=O)[C@H](NC(=O)CCCCCN)CSSC[C@H](C(N)=O)NC(=O)[C@@H](Cc2ccccc2)NC(=O)CNC1=O. The highest BCUT2D eigenvalue weighted by Gasteiger charge is 2.33. The van der Waals surface area contributed by atoms with Crippen molar-refractivity contribution in [2.75, 3.05) is 49.7 Å². The van der Waals surface area contributed by atoms with E-state index in [0.29, 0.717) is 37.1 Å². The molecule has 0 saturated carbocycles. The van der Waals surface area contributed by atoms with E-state index in [0.717, 1.165) is 21.6 Å². The Kier molecular flexibility index (Phi) is 31.1. The van der Waals surface area contributed by atoms with Gasteiger partial charge in [0.25, 0.3) is 0 Å². The average molecular weight is 1130 g/mol. The van der Waals surface area contributed by atoms with Crippen LogP contribution in [0, 0.1) is 0 Å². The molecule has 0 bridgehead atoms. The molecule has 1 heterocycles. The lowest BCUT2D eigenvalue weighted by molar-refractivity contribution is -0.141. The van der Waals surface area contributed by atoms with Crippen LogP contribution >= 0.6 is 33.3 Å². The number of nitrogens with two attached hydrogens (primary N) is 5. The normalized spacial score (nSPS) is 22.4. The molecule has 1 aliphatic rings. The zero-order valence-electron chi connectivity index (χ0n) is 42.1. The fraction of sp³-hybridized carbons (Fsp3) is 0.578. The van der Waals surface area contributed by atoms with Gasteiger partial charge in [-0.15, -0.1) is 0 Å².